The lowest BCUT2D eigenvalue weighted by molar-refractivity contribution is -0.112. The summed E-state index contributed by atoms with van der Waals surface area (Å²) in [5.41, 5.74) is -2.29. The zero-order chi connectivity index (χ0) is 34.5. The Morgan fingerprint density at radius 2 is 1.85 bits per heavy atom. The van der Waals surface area contributed by atoms with E-state index in [0.717, 1.165) is 31.7 Å². The molecule has 0 aromatic heterocycles. The Kier molecular flexibility index (Phi) is 14.2. The Balaban J connectivity index is 0.00000361. The summed E-state index contributed by atoms with van der Waals surface area (Å²) in [6.45, 7) is 14.7. The molecule has 3 N–H and O–H groups in total. The van der Waals surface area contributed by atoms with Gasteiger partial charge in [-0.3, -0.25) is 4.79 Å². The third kappa shape index (κ3) is 10.6. The number of hydrogen-bond donors (Lipinski definition) is 3. The first kappa shape index (κ1) is 37.8. The molecule has 46 heavy (non-hydrogen) atoms. The van der Waals surface area contributed by atoms with Gasteiger partial charge in [-0.25, -0.2) is 4.39 Å². The maximum atomic E-state index is 15.2. The van der Waals surface area contributed by atoms with Crippen molar-refractivity contribution in [2.75, 3.05) is 10.6 Å². The molecule has 2 atom stereocenters. The number of carbonyl (C=O) groups is 1. The first-order valence-corrected chi connectivity index (χ1v) is 15.4. The molecule has 5 nitrogen and oxygen atoms in total. The number of nitriles is 1. The second kappa shape index (κ2) is 17.3. The molecule has 2 aromatic carbocycles. The van der Waals surface area contributed by atoms with E-state index in [4.69, 9.17) is 0 Å². The highest BCUT2D eigenvalue weighted by Gasteiger charge is 2.38. The molecule has 1 amide bonds. The van der Waals surface area contributed by atoms with E-state index in [1.54, 1.807) is 18.2 Å². The highest BCUT2D eigenvalue weighted by molar-refractivity contribution is 6.06. The van der Waals surface area contributed by atoms with E-state index in [0.29, 0.717) is 29.6 Å². The van der Waals surface area contributed by atoms with Crippen LogP contribution in [0.4, 0.5) is 28.9 Å². The highest BCUT2D eigenvalue weighted by Crippen LogP contribution is 2.44. The minimum absolute atomic E-state index is 0.0481. The molecule has 0 aliphatic heterocycles. The smallest absolute Gasteiger partial charge is 0.381 e. The predicted octanol–water partition coefficient (Wildman–Crippen LogP) is 9.87. The molecule has 1 aliphatic rings. The van der Waals surface area contributed by atoms with Gasteiger partial charge in [-0.05, 0) is 78.6 Å². The highest BCUT2D eigenvalue weighted by atomic mass is 19.4. The number of benzene rings is 2. The topological polar surface area (TPSA) is 85.2 Å². The van der Waals surface area contributed by atoms with Gasteiger partial charge >= 0.3 is 6.18 Å². The van der Waals surface area contributed by atoms with Gasteiger partial charge in [0.1, 0.15) is 17.1 Å². The Morgan fingerprint density at radius 3 is 2.43 bits per heavy atom. The molecule has 0 bridgehead atoms. The fraction of sp³-hybridized carbons (Fsp3) is 0.351. The number of amides is 1. The van der Waals surface area contributed by atoms with Gasteiger partial charge in [-0.15, -0.1) is 0 Å². The van der Waals surface area contributed by atoms with Gasteiger partial charge in [0.15, 0.2) is 0 Å². The van der Waals surface area contributed by atoms with E-state index in [1.165, 1.54) is 36.4 Å². The molecule has 2 unspecified atom stereocenters. The lowest BCUT2D eigenvalue weighted by Crippen LogP contribution is -2.32. The molecule has 0 heterocycles. The molecular formula is C37H43F4N3O2. The van der Waals surface area contributed by atoms with E-state index in [-0.39, 0.29) is 22.9 Å². The van der Waals surface area contributed by atoms with Crippen molar-refractivity contribution in [1.82, 2.24) is 0 Å². The monoisotopic (exact) mass is 637 g/mol. The van der Waals surface area contributed by atoms with Crippen molar-refractivity contribution in [3.8, 4) is 6.07 Å². The lowest BCUT2D eigenvalue weighted by Gasteiger charge is -2.35. The van der Waals surface area contributed by atoms with Crippen molar-refractivity contribution in [1.29, 1.82) is 5.26 Å². The van der Waals surface area contributed by atoms with Crippen molar-refractivity contribution < 1.29 is 27.5 Å². The Hall–Kier alpha value is -4.42. The number of allylic oxidation sites excluding steroid dienone is 6. The van der Waals surface area contributed by atoms with Crippen LogP contribution in [0, 0.1) is 29.0 Å². The van der Waals surface area contributed by atoms with E-state index in [9.17, 15) is 28.3 Å². The second-order valence-electron chi connectivity index (χ2n) is 10.9. The van der Waals surface area contributed by atoms with Crippen LogP contribution in [0.15, 0.2) is 103 Å². The van der Waals surface area contributed by atoms with E-state index in [2.05, 4.69) is 23.8 Å². The second-order valence-corrected chi connectivity index (χ2v) is 10.9. The van der Waals surface area contributed by atoms with Gasteiger partial charge in [0.05, 0.1) is 22.9 Å². The maximum Gasteiger partial charge on any atom is 0.415 e. The number of anilines is 2. The zero-order valence-electron chi connectivity index (χ0n) is 26.8. The minimum atomic E-state index is -4.83. The minimum Gasteiger partial charge on any atom is -0.381 e. The van der Waals surface area contributed by atoms with Crippen LogP contribution in [0.25, 0.3) is 0 Å². The average molecular weight is 638 g/mol. The predicted molar refractivity (Wildman–Crippen MR) is 177 cm³/mol. The molecule has 9 heteroatoms. The summed E-state index contributed by atoms with van der Waals surface area (Å²) in [6, 6.07) is 11.6. The molecule has 1 fully saturated rings. The molecule has 0 radical (unpaired) electrons. The molecule has 0 saturated heterocycles. The number of nitrogens with zero attached hydrogens (tertiary/aromatic N) is 1. The number of carbonyl (C=O) groups excluding carboxylic acids is 1. The summed E-state index contributed by atoms with van der Waals surface area (Å²) in [5.74, 6) is -1.48. The van der Waals surface area contributed by atoms with Crippen LogP contribution in [0.1, 0.15) is 70.9 Å². The van der Waals surface area contributed by atoms with Crippen molar-refractivity contribution in [2.24, 2.45) is 11.8 Å². The standard InChI is InChI=1S/C35H37F4N3O2.C2H6/c1-5-7-8-12-29(23(3)6-2)34(44,18-17-25-13-14-25)27-15-16-30(36)31(21-27)42-33(43)32(19-24(4)35(37,38)39)41-28-11-9-10-26(20-28)22-40;1-2/h5,7-12,15-16,19-21,23,25,41,44H,1,4,6,13-14,17-18H2,2-3H3,(H,42,43);1-2H3/b8-7-,29-12+,32-19-;. The van der Waals surface area contributed by atoms with Gasteiger partial charge in [0.25, 0.3) is 5.91 Å². The van der Waals surface area contributed by atoms with Gasteiger partial charge in [0.2, 0.25) is 0 Å². The number of rotatable bonds is 14. The molecule has 1 aliphatic carbocycles. The van der Waals surface area contributed by atoms with Crippen molar-refractivity contribution in [3.63, 3.8) is 0 Å². The Morgan fingerprint density at radius 1 is 1.15 bits per heavy atom. The van der Waals surface area contributed by atoms with Crippen LogP contribution in [-0.2, 0) is 10.4 Å². The third-order valence-electron chi connectivity index (χ3n) is 7.65. The van der Waals surface area contributed by atoms with E-state index >= 15 is 4.39 Å². The molecule has 0 spiro atoms. The summed E-state index contributed by atoms with van der Waals surface area (Å²) in [4.78, 5) is 13.4. The summed E-state index contributed by atoms with van der Waals surface area (Å²) >= 11 is 0. The zero-order valence-corrected chi connectivity index (χ0v) is 26.8. The van der Waals surface area contributed by atoms with Crippen molar-refractivity contribution >= 4 is 17.3 Å². The Bertz CT molecular complexity index is 1510. The first-order chi connectivity index (χ1) is 21.8. The summed E-state index contributed by atoms with van der Waals surface area (Å²) in [5, 5.41) is 26.4. The average Bonchev–Trinajstić information content (AvgIpc) is 3.87. The molecule has 2 aromatic rings. The third-order valence-corrected chi connectivity index (χ3v) is 7.65. The van der Waals surface area contributed by atoms with Crippen LogP contribution >= 0.6 is 0 Å². The van der Waals surface area contributed by atoms with Gasteiger partial charge in [-0.1, -0.05) is 90.1 Å². The molecule has 246 valence electrons. The lowest BCUT2D eigenvalue weighted by atomic mass is 9.75. The van der Waals surface area contributed by atoms with Gasteiger partial charge in [-0.2, -0.15) is 18.4 Å². The van der Waals surface area contributed by atoms with Gasteiger partial charge < -0.3 is 15.7 Å². The van der Waals surface area contributed by atoms with Gasteiger partial charge in [0, 0.05) is 5.69 Å². The largest absolute Gasteiger partial charge is 0.415 e. The number of alkyl halides is 3. The van der Waals surface area contributed by atoms with E-state index in [1.807, 2.05) is 39.8 Å². The molecular weight excluding hydrogens is 594 g/mol. The van der Waals surface area contributed by atoms with Crippen molar-refractivity contribution in [2.45, 2.75) is 71.6 Å². The van der Waals surface area contributed by atoms with Crippen LogP contribution < -0.4 is 10.6 Å². The molecule has 3 rings (SSSR count). The normalized spacial score (nSPS) is 15.6. The van der Waals surface area contributed by atoms with Crippen LogP contribution in [0.2, 0.25) is 0 Å². The SMILES string of the molecule is C=C/C=C\C=C(/C(C)CC)C(O)(CCC1CC1)c1ccc(F)c(NC(=O)/C(=C/C(=C)C(F)(F)F)Nc2cccc(C#N)c2)c1.CC. The molecule has 1 saturated carbocycles. The van der Waals surface area contributed by atoms with Crippen LogP contribution in [-0.4, -0.2) is 17.2 Å². The number of halogens is 4. The number of nitrogens with one attached hydrogen (secondary N) is 2. The number of aliphatic hydroxyl groups is 1. The van der Waals surface area contributed by atoms with Crippen LogP contribution in [0.5, 0.6) is 0 Å². The first-order valence-electron chi connectivity index (χ1n) is 15.4. The summed E-state index contributed by atoms with van der Waals surface area (Å²) < 4.78 is 55.3. The Labute approximate surface area is 269 Å². The quantitative estimate of drug-likeness (QED) is 0.109. The fourth-order valence-electron chi connectivity index (χ4n) is 4.75. The van der Waals surface area contributed by atoms with Crippen molar-refractivity contribution in [3.05, 3.63) is 120 Å². The summed E-state index contributed by atoms with van der Waals surface area (Å²) in [6.07, 6.45) is 6.61. The van der Waals surface area contributed by atoms with E-state index < -0.39 is 34.8 Å². The summed E-state index contributed by atoms with van der Waals surface area (Å²) in [7, 11) is 0. The maximum absolute atomic E-state index is 15.2. The van der Waals surface area contributed by atoms with Crippen LogP contribution in [0.3, 0.4) is 0 Å². The number of hydrogen-bond acceptors (Lipinski definition) is 4. The fourth-order valence-corrected chi connectivity index (χ4v) is 4.75.